The largest absolute Gasteiger partial charge is 0.433 e. The average molecular weight is 333 g/mol. The molecular weight excluding hydrogens is 321 g/mol. The van der Waals surface area contributed by atoms with Crippen LogP contribution in [0.3, 0.4) is 0 Å². The van der Waals surface area contributed by atoms with E-state index in [9.17, 15) is 13.2 Å². The zero-order chi connectivity index (χ0) is 14.2. The number of halogens is 4. The summed E-state index contributed by atoms with van der Waals surface area (Å²) in [6.45, 7) is 3.83. The van der Waals surface area contributed by atoms with Gasteiger partial charge in [-0.15, -0.1) is 0 Å². The number of nitrogens with zero attached hydrogens (tertiary/aromatic N) is 1. The molecule has 2 aromatic rings. The number of rotatable bonds is 2. The van der Waals surface area contributed by atoms with Crippen molar-refractivity contribution in [2.24, 2.45) is 0 Å². The first-order chi connectivity index (χ1) is 8.84. The van der Waals surface area contributed by atoms with Crippen LogP contribution in [0.2, 0.25) is 0 Å². The molecule has 0 bridgehead atoms. The van der Waals surface area contributed by atoms with Crippen LogP contribution in [0.1, 0.15) is 18.2 Å². The van der Waals surface area contributed by atoms with Gasteiger partial charge in [0.2, 0.25) is 0 Å². The third kappa shape index (κ3) is 2.68. The summed E-state index contributed by atoms with van der Waals surface area (Å²) in [6.07, 6.45) is -4.45. The number of aromatic nitrogens is 1. The van der Waals surface area contributed by atoms with Crippen molar-refractivity contribution in [3.63, 3.8) is 0 Å². The van der Waals surface area contributed by atoms with Crippen molar-refractivity contribution < 1.29 is 13.2 Å². The number of alkyl halides is 3. The molecule has 0 saturated heterocycles. The van der Waals surface area contributed by atoms with E-state index in [2.05, 4.69) is 26.2 Å². The molecule has 19 heavy (non-hydrogen) atoms. The van der Waals surface area contributed by atoms with Crippen LogP contribution in [-0.2, 0) is 6.18 Å². The SMILES string of the molecule is CCNc1c(C)c(C(F)(F)F)nc2ccc(Br)cc12. The molecule has 0 saturated carbocycles. The van der Waals surface area contributed by atoms with Crippen LogP contribution in [0.5, 0.6) is 0 Å². The first-order valence-electron chi connectivity index (χ1n) is 5.75. The van der Waals surface area contributed by atoms with Crippen LogP contribution in [0, 0.1) is 6.92 Å². The predicted molar refractivity (Wildman–Crippen MR) is 73.3 cm³/mol. The summed E-state index contributed by atoms with van der Waals surface area (Å²) < 4.78 is 39.7. The van der Waals surface area contributed by atoms with E-state index in [1.165, 1.54) is 6.92 Å². The number of fused-ring (bicyclic) bond motifs is 1. The molecule has 6 heteroatoms. The van der Waals surface area contributed by atoms with Gasteiger partial charge in [-0.1, -0.05) is 15.9 Å². The molecule has 1 heterocycles. The monoisotopic (exact) mass is 332 g/mol. The normalized spacial score (nSPS) is 11.9. The maximum absolute atomic E-state index is 13.0. The summed E-state index contributed by atoms with van der Waals surface area (Å²) in [4.78, 5) is 3.74. The van der Waals surface area contributed by atoms with Gasteiger partial charge in [-0.25, -0.2) is 4.98 Å². The number of nitrogens with one attached hydrogen (secondary N) is 1. The number of anilines is 1. The molecule has 0 fully saturated rings. The fourth-order valence-corrected chi connectivity index (χ4v) is 2.37. The van der Waals surface area contributed by atoms with E-state index in [4.69, 9.17) is 0 Å². The van der Waals surface area contributed by atoms with Crippen molar-refractivity contribution in [2.75, 3.05) is 11.9 Å². The minimum Gasteiger partial charge on any atom is -0.385 e. The summed E-state index contributed by atoms with van der Waals surface area (Å²) in [5, 5.41) is 3.68. The van der Waals surface area contributed by atoms with Crippen LogP contribution in [0.15, 0.2) is 22.7 Å². The Hall–Kier alpha value is -1.30. The van der Waals surface area contributed by atoms with Crippen molar-refractivity contribution in [3.8, 4) is 0 Å². The first kappa shape index (κ1) is 14.1. The van der Waals surface area contributed by atoms with Crippen LogP contribution < -0.4 is 5.32 Å². The highest BCUT2D eigenvalue weighted by molar-refractivity contribution is 9.10. The molecule has 0 atom stereocenters. The Morgan fingerprint density at radius 1 is 1.32 bits per heavy atom. The Kier molecular flexibility index (Phi) is 3.71. The summed E-state index contributed by atoms with van der Waals surface area (Å²) in [5.74, 6) is 0. The van der Waals surface area contributed by atoms with E-state index < -0.39 is 11.9 Å². The topological polar surface area (TPSA) is 24.9 Å². The van der Waals surface area contributed by atoms with Crippen molar-refractivity contribution >= 4 is 32.5 Å². The smallest absolute Gasteiger partial charge is 0.385 e. The Morgan fingerprint density at radius 3 is 2.58 bits per heavy atom. The molecule has 0 amide bonds. The highest BCUT2D eigenvalue weighted by atomic mass is 79.9. The lowest BCUT2D eigenvalue weighted by molar-refractivity contribution is -0.141. The fraction of sp³-hybridized carbons (Fsp3) is 0.308. The lowest BCUT2D eigenvalue weighted by Gasteiger charge is -2.17. The lowest BCUT2D eigenvalue weighted by Crippen LogP contribution is -2.13. The second-order valence-electron chi connectivity index (χ2n) is 4.15. The molecule has 1 aromatic carbocycles. The van der Waals surface area contributed by atoms with Crippen molar-refractivity contribution in [1.29, 1.82) is 0 Å². The maximum atomic E-state index is 13.0. The molecule has 0 aliphatic carbocycles. The zero-order valence-corrected chi connectivity index (χ0v) is 12.0. The van der Waals surface area contributed by atoms with Gasteiger partial charge in [0, 0.05) is 27.7 Å². The third-order valence-corrected chi connectivity index (χ3v) is 3.31. The third-order valence-electron chi connectivity index (χ3n) is 2.81. The summed E-state index contributed by atoms with van der Waals surface area (Å²) in [6, 6.07) is 5.03. The standard InChI is InChI=1S/C13H12BrF3N2/c1-3-18-11-7(2)12(13(15,16)17)19-10-5-4-8(14)6-9(10)11/h4-6H,3H2,1-2H3,(H,18,19). The van der Waals surface area contributed by atoms with E-state index in [0.29, 0.717) is 23.1 Å². The van der Waals surface area contributed by atoms with Crippen LogP contribution in [-0.4, -0.2) is 11.5 Å². The minimum atomic E-state index is -4.45. The Balaban J connectivity index is 2.82. The second-order valence-corrected chi connectivity index (χ2v) is 5.07. The lowest BCUT2D eigenvalue weighted by atomic mass is 10.1. The maximum Gasteiger partial charge on any atom is 0.433 e. The van der Waals surface area contributed by atoms with E-state index in [-0.39, 0.29) is 5.56 Å². The van der Waals surface area contributed by atoms with Crippen LogP contribution in [0.4, 0.5) is 18.9 Å². The van der Waals surface area contributed by atoms with Gasteiger partial charge < -0.3 is 5.32 Å². The quantitative estimate of drug-likeness (QED) is 0.857. The number of hydrogen-bond acceptors (Lipinski definition) is 2. The van der Waals surface area contributed by atoms with Gasteiger partial charge in [0.15, 0.2) is 0 Å². The molecule has 0 radical (unpaired) electrons. The van der Waals surface area contributed by atoms with Gasteiger partial charge >= 0.3 is 6.18 Å². The highest BCUT2D eigenvalue weighted by Gasteiger charge is 2.36. The van der Waals surface area contributed by atoms with Crippen molar-refractivity contribution in [3.05, 3.63) is 33.9 Å². The summed E-state index contributed by atoms with van der Waals surface area (Å²) in [7, 11) is 0. The van der Waals surface area contributed by atoms with Crippen molar-refractivity contribution in [2.45, 2.75) is 20.0 Å². The Labute approximate surface area is 117 Å². The van der Waals surface area contributed by atoms with E-state index in [1.54, 1.807) is 18.2 Å². The number of hydrogen-bond donors (Lipinski definition) is 1. The number of benzene rings is 1. The molecule has 0 spiro atoms. The molecule has 0 unspecified atom stereocenters. The molecule has 0 aliphatic rings. The van der Waals surface area contributed by atoms with Crippen LogP contribution in [0.25, 0.3) is 10.9 Å². The van der Waals surface area contributed by atoms with Gasteiger partial charge in [-0.05, 0) is 32.0 Å². The van der Waals surface area contributed by atoms with E-state index >= 15 is 0 Å². The summed E-state index contributed by atoms with van der Waals surface area (Å²) in [5.41, 5.74) is 0.108. The molecule has 2 nitrogen and oxygen atoms in total. The predicted octanol–water partition coefficient (Wildman–Crippen LogP) is 4.76. The second kappa shape index (κ2) is 5.00. The average Bonchev–Trinajstić information content (AvgIpc) is 2.31. The highest BCUT2D eigenvalue weighted by Crippen LogP contribution is 2.37. The Morgan fingerprint density at radius 2 is 2.00 bits per heavy atom. The first-order valence-corrected chi connectivity index (χ1v) is 6.54. The molecule has 102 valence electrons. The Bertz CT molecular complexity index is 623. The molecular formula is C13H12BrF3N2. The minimum absolute atomic E-state index is 0.125. The van der Waals surface area contributed by atoms with Crippen LogP contribution >= 0.6 is 15.9 Å². The molecule has 1 aromatic heterocycles. The van der Waals surface area contributed by atoms with Gasteiger partial charge in [0.25, 0.3) is 0 Å². The van der Waals surface area contributed by atoms with E-state index in [0.717, 1.165) is 4.47 Å². The van der Waals surface area contributed by atoms with E-state index in [1.807, 2.05) is 6.92 Å². The summed E-state index contributed by atoms with van der Waals surface area (Å²) >= 11 is 3.32. The fourth-order valence-electron chi connectivity index (χ4n) is 2.01. The van der Waals surface area contributed by atoms with Crippen molar-refractivity contribution in [1.82, 2.24) is 4.98 Å². The molecule has 0 aliphatic heterocycles. The molecule has 1 N–H and O–H groups in total. The number of pyridine rings is 1. The van der Waals surface area contributed by atoms with Gasteiger partial charge in [0.05, 0.1) is 5.52 Å². The zero-order valence-electron chi connectivity index (χ0n) is 10.4. The van der Waals surface area contributed by atoms with Gasteiger partial charge in [-0.3, -0.25) is 0 Å². The molecule has 2 rings (SSSR count). The van der Waals surface area contributed by atoms with Gasteiger partial charge in [-0.2, -0.15) is 13.2 Å². The van der Waals surface area contributed by atoms with Gasteiger partial charge in [0.1, 0.15) is 5.69 Å².